The van der Waals surface area contributed by atoms with Gasteiger partial charge >= 0.3 is 0 Å². The van der Waals surface area contributed by atoms with Crippen molar-refractivity contribution in [3.63, 3.8) is 0 Å². The van der Waals surface area contributed by atoms with Crippen LogP contribution in [0.5, 0.6) is 11.5 Å². The lowest BCUT2D eigenvalue weighted by atomic mass is 10.1. The van der Waals surface area contributed by atoms with Gasteiger partial charge in [-0.2, -0.15) is 0 Å². The van der Waals surface area contributed by atoms with E-state index in [9.17, 15) is 4.79 Å². The highest BCUT2D eigenvalue weighted by molar-refractivity contribution is 5.89. The van der Waals surface area contributed by atoms with Crippen LogP contribution in [0.15, 0.2) is 24.3 Å². The number of para-hydroxylation sites is 2. The summed E-state index contributed by atoms with van der Waals surface area (Å²) < 4.78 is 11.4. The molecule has 2 saturated carbocycles. The second-order valence-electron chi connectivity index (χ2n) is 7.11. The zero-order valence-electron chi connectivity index (χ0n) is 13.6. The number of carbonyl (C=O) groups excluding carboxylic acids is 1. The van der Waals surface area contributed by atoms with Crippen molar-refractivity contribution in [2.45, 2.75) is 43.2 Å². The predicted octanol–water partition coefficient (Wildman–Crippen LogP) is 1.96. The molecule has 0 unspecified atom stereocenters. The number of amides is 1. The van der Waals surface area contributed by atoms with Crippen LogP contribution in [0.3, 0.4) is 0 Å². The second kappa shape index (κ2) is 5.41. The zero-order chi connectivity index (χ0) is 15.9. The second-order valence-corrected chi connectivity index (χ2v) is 7.11. The molecule has 1 aromatic rings. The number of ether oxygens (including phenoxy) is 2. The number of likely N-dealkylation sites (tertiary alicyclic amines) is 1. The summed E-state index contributed by atoms with van der Waals surface area (Å²) in [6.07, 6.45) is 5.00. The van der Waals surface area contributed by atoms with Crippen LogP contribution in [-0.4, -0.2) is 48.7 Å². The average molecular weight is 316 g/mol. The first kappa shape index (κ1) is 14.8. The van der Waals surface area contributed by atoms with Crippen LogP contribution in [0.4, 0.5) is 0 Å². The van der Waals surface area contributed by atoms with E-state index in [2.05, 4.69) is 10.2 Å². The molecule has 0 radical (unpaired) electrons. The Morgan fingerprint density at radius 2 is 1.87 bits per heavy atom. The lowest BCUT2D eigenvalue weighted by Crippen LogP contribution is -2.53. The molecule has 5 nitrogen and oxygen atoms in total. The molecule has 4 rings (SSSR count). The largest absolute Gasteiger partial charge is 0.493 e. The van der Waals surface area contributed by atoms with Crippen molar-refractivity contribution in [3.8, 4) is 11.5 Å². The van der Waals surface area contributed by atoms with Crippen molar-refractivity contribution in [1.82, 2.24) is 10.2 Å². The number of carbonyl (C=O) groups is 1. The SMILES string of the molecule is COc1ccccc1OC1(C(=O)NC2(CN3CCC3)CC2)CC1. The average Bonchev–Trinajstić information content (AvgIpc) is 3.42. The number of rotatable bonds is 7. The fourth-order valence-corrected chi connectivity index (χ4v) is 3.20. The minimum absolute atomic E-state index is 0.00275. The molecule has 3 fully saturated rings. The van der Waals surface area contributed by atoms with Gasteiger partial charge in [0.1, 0.15) is 0 Å². The van der Waals surface area contributed by atoms with Crippen LogP contribution in [0.1, 0.15) is 32.1 Å². The van der Waals surface area contributed by atoms with Gasteiger partial charge in [0.2, 0.25) is 0 Å². The summed E-state index contributed by atoms with van der Waals surface area (Å²) in [6.45, 7) is 3.32. The Balaban J connectivity index is 1.41. The Morgan fingerprint density at radius 1 is 1.17 bits per heavy atom. The molecule has 1 N–H and O–H groups in total. The van der Waals surface area contributed by atoms with E-state index in [4.69, 9.17) is 9.47 Å². The van der Waals surface area contributed by atoms with E-state index in [0.29, 0.717) is 11.5 Å². The molecule has 23 heavy (non-hydrogen) atoms. The molecule has 1 amide bonds. The third-order valence-electron chi connectivity index (χ3n) is 5.20. The summed E-state index contributed by atoms with van der Waals surface area (Å²) in [7, 11) is 1.62. The highest BCUT2D eigenvalue weighted by Gasteiger charge is 2.57. The first-order chi connectivity index (χ1) is 11.1. The van der Waals surface area contributed by atoms with Crippen molar-refractivity contribution in [1.29, 1.82) is 0 Å². The van der Waals surface area contributed by atoms with Gasteiger partial charge in [-0.25, -0.2) is 0 Å². The number of methoxy groups -OCH3 is 1. The molecule has 3 aliphatic rings. The molecule has 1 saturated heterocycles. The summed E-state index contributed by atoms with van der Waals surface area (Å²) in [4.78, 5) is 15.2. The van der Waals surface area contributed by atoms with E-state index in [1.165, 1.54) is 19.5 Å². The van der Waals surface area contributed by atoms with E-state index in [1.807, 2.05) is 24.3 Å². The number of hydrogen-bond donors (Lipinski definition) is 1. The predicted molar refractivity (Wildman–Crippen MR) is 86.8 cm³/mol. The summed E-state index contributed by atoms with van der Waals surface area (Å²) >= 11 is 0. The normalized spacial score (nSPS) is 23.5. The van der Waals surface area contributed by atoms with E-state index in [1.54, 1.807) is 7.11 Å². The van der Waals surface area contributed by atoms with Gasteiger partial charge in [-0.1, -0.05) is 12.1 Å². The zero-order valence-corrected chi connectivity index (χ0v) is 13.6. The monoisotopic (exact) mass is 316 g/mol. The first-order valence-corrected chi connectivity index (χ1v) is 8.52. The van der Waals surface area contributed by atoms with Crippen LogP contribution in [0.25, 0.3) is 0 Å². The molecule has 1 heterocycles. The summed E-state index contributed by atoms with van der Waals surface area (Å²) in [6, 6.07) is 7.52. The number of nitrogens with one attached hydrogen (secondary N) is 1. The lowest BCUT2D eigenvalue weighted by molar-refractivity contribution is -0.131. The van der Waals surface area contributed by atoms with Gasteiger partial charge in [0.15, 0.2) is 17.1 Å². The summed E-state index contributed by atoms with van der Waals surface area (Å²) in [5.41, 5.74) is -0.698. The third-order valence-corrected chi connectivity index (χ3v) is 5.20. The van der Waals surface area contributed by atoms with Crippen LogP contribution in [0, 0.1) is 0 Å². The highest BCUT2D eigenvalue weighted by atomic mass is 16.5. The molecule has 0 spiro atoms. The van der Waals surface area contributed by atoms with Gasteiger partial charge in [0.05, 0.1) is 12.6 Å². The van der Waals surface area contributed by atoms with Gasteiger partial charge in [-0.15, -0.1) is 0 Å². The van der Waals surface area contributed by atoms with Gasteiger partial charge < -0.3 is 19.7 Å². The molecule has 1 aromatic carbocycles. The van der Waals surface area contributed by atoms with Crippen LogP contribution < -0.4 is 14.8 Å². The maximum absolute atomic E-state index is 12.8. The third kappa shape index (κ3) is 2.90. The molecular weight excluding hydrogens is 292 g/mol. The van der Waals surface area contributed by atoms with Gasteiger partial charge in [-0.3, -0.25) is 4.79 Å². The fraction of sp³-hybridized carbons (Fsp3) is 0.611. The van der Waals surface area contributed by atoms with Gasteiger partial charge in [-0.05, 0) is 44.5 Å². The molecule has 0 aromatic heterocycles. The minimum atomic E-state index is -0.695. The molecule has 124 valence electrons. The van der Waals surface area contributed by atoms with Crippen molar-refractivity contribution in [3.05, 3.63) is 24.3 Å². The maximum atomic E-state index is 12.8. The molecular formula is C18H24N2O3. The van der Waals surface area contributed by atoms with Crippen LogP contribution >= 0.6 is 0 Å². The lowest BCUT2D eigenvalue weighted by Gasteiger charge is -2.35. The van der Waals surface area contributed by atoms with Gasteiger partial charge in [0.25, 0.3) is 5.91 Å². The Morgan fingerprint density at radius 3 is 2.39 bits per heavy atom. The Bertz CT molecular complexity index is 604. The van der Waals surface area contributed by atoms with Crippen LogP contribution in [0.2, 0.25) is 0 Å². The van der Waals surface area contributed by atoms with E-state index < -0.39 is 5.60 Å². The van der Waals surface area contributed by atoms with Gasteiger partial charge in [0, 0.05) is 19.4 Å². The number of hydrogen-bond acceptors (Lipinski definition) is 4. The maximum Gasteiger partial charge on any atom is 0.264 e. The summed E-state index contributed by atoms with van der Waals surface area (Å²) in [5.74, 6) is 1.37. The smallest absolute Gasteiger partial charge is 0.264 e. The molecule has 0 atom stereocenters. The van der Waals surface area contributed by atoms with E-state index >= 15 is 0 Å². The minimum Gasteiger partial charge on any atom is -0.493 e. The van der Waals surface area contributed by atoms with Crippen molar-refractivity contribution >= 4 is 5.91 Å². The summed E-state index contributed by atoms with van der Waals surface area (Å²) in [5, 5.41) is 3.28. The fourth-order valence-electron chi connectivity index (χ4n) is 3.20. The van der Waals surface area contributed by atoms with Crippen molar-refractivity contribution < 1.29 is 14.3 Å². The molecule has 2 aliphatic carbocycles. The number of benzene rings is 1. The topological polar surface area (TPSA) is 50.8 Å². The Labute approximate surface area is 136 Å². The molecule has 1 aliphatic heterocycles. The highest BCUT2D eigenvalue weighted by Crippen LogP contribution is 2.45. The standard InChI is InChI=1S/C18H24N2O3/c1-22-14-5-2-3-6-15(14)23-18(9-10-18)16(21)19-17(7-8-17)13-20-11-4-12-20/h2-3,5-6H,4,7-13H2,1H3,(H,19,21). The van der Waals surface area contributed by atoms with E-state index in [-0.39, 0.29) is 11.4 Å². The van der Waals surface area contributed by atoms with E-state index in [0.717, 1.165) is 32.2 Å². The number of nitrogens with zero attached hydrogens (tertiary/aromatic N) is 1. The van der Waals surface area contributed by atoms with Crippen LogP contribution in [-0.2, 0) is 4.79 Å². The quantitative estimate of drug-likeness (QED) is 0.835. The first-order valence-electron chi connectivity index (χ1n) is 8.52. The molecule has 0 bridgehead atoms. The Hall–Kier alpha value is -1.75. The Kier molecular flexibility index (Phi) is 3.48. The van der Waals surface area contributed by atoms with Crippen molar-refractivity contribution in [2.24, 2.45) is 0 Å². The van der Waals surface area contributed by atoms with Crippen molar-refractivity contribution in [2.75, 3.05) is 26.7 Å². The molecule has 5 heteroatoms.